The third-order valence-electron chi connectivity index (χ3n) is 3.40. The summed E-state index contributed by atoms with van der Waals surface area (Å²) in [5.74, 6) is 1.19. The first kappa shape index (κ1) is 14.9. The molecule has 2 aromatic heterocycles. The first-order valence-electron chi connectivity index (χ1n) is 7.00. The molecule has 6 heteroatoms. The number of aromatic nitrogens is 2. The number of hydrogen-bond acceptors (Lipinski definition) is 5. The van der Waals surface area contributed by atoms with Crippen LogP contribution in [0.15, 0.2) is 36.5 Å². The number of rotatable bonds is 4. The highest BCUT2D eigenvalue weighted by Crippen LogP contribution is 2.33. The van der Waals surface area contributed by atoms with E-state index in [1.165, 1.54) is 7.11 Å². The Kier molecular flexibility index (Phi) is 3.89. The van der Waals surface area contributed by atoms with Crippen LogP contribution in [0.5, 0.6) is 17.4 Å². The van der Waals surface area contributed by atoms with Gasteiger partial charge in [0.15, 0.2) is 0 Å². The van der Waals surface area contributed by atoms with Crippen molar-refractivity contribution in [3.8, 4) is 17.4 Å². The standard InChI is InChI=1S/C17H16N2O4/c1-10-4-5-15(18-9-10)23-12-6-11-7-13(17(20)22-3)19-16(11)14(8-12)21-2/h4-9,19H,1-3H3. The molecule has 0 atom stereocenters. The van der Waals surface area contributed by atoms with Crippen LogP contribution in [0, 0.1) is 6.92 Å². The molecular formula is C17H16N2O4. The number of hydrogen-bond donors (Lipinski definition) is 1. The largest absolute Gasteiger partial charge is 0.494 e. The maximum atomic E-state index is 11.7. The van der Waals surface area contributed by atoms with Gasteiger partial charge in [-0.25, -0.2) is 9.78 Å². The Labute approximate surface area is 133 Å². The van der Waals surface area contributed by atoms with Crippen LogP contribution in [-0.2, 0) is 4.74 Å². The average Bonchev–Trinajstić information content (AvgIpc) is 2.99. The quantitative estimate of drug-likeness (QED) is 0.747. The maximum absolute atomic E-state index is 11.7. The fourth-order valence-electron chi connectivity index (χ4n) is 2.26. The van der Waals surface area contributed by atoms with Gasteiger partial charge in [0.25, 0.3) is 0 Å². The number of nitrogens with zero attached hydrogens (tertiary/aromatic N) is 1. The highest BCUT2D eigenvalue weighted by Gasteiger charge is 2.14. The number of nitrogens with one attached hydrogen (secondary N) is 1. The van der Waals surface area contributed by atoms with Crippen molar-refractivity contribution in [2.45, 2.75) is 6.92 Å². The molecule has 0 radical (unpaired) electrons. The van der Waals surface area contributed by atoms with E-state index in [1.807, 2.05) is 19.1 Å². The van der Waals surface area contributed by atoms with E-state index in [-0.39, 0.29) is 0 Å². The lowest BCUT2D eigenvalue weighted by Gasteiger charge is -2.08. The smallest absolute Gasteiger partial charge is 0.354 e. The molecular weight excluding hydrogens is 296 g/mol. The summed E-state index contributed by atoms with van der Waals surface area (Å²) in [4.78, 5) is 18.9. The zero-order valence-corrected chi connectivity index (χ0v) is 13.0. The molecule has 1 N–H and O–H groups in total. The molecule has 0 saturated heterocycles. The number of carbonyl (C=O) groups excluding carboxylic acids is 1. The van der Waals surface area contributed by atoms with Gasteiger partial charge < -0.3 is 19.2 Å². The molecule has 0 saturated carbocycles. The lowest BCUT2D eigenvalue weighted by molar-refractivity contribution is 0.0595. The molecule has 6 nitrogen and oxygen atoms in total. The first-order chi connectivity index (χ1) is 11.1. The molecule has 3 rings (SSSR count). The highest BCUT2D eigenvalue weighted by molar-refractivity contribution is 5.97. The molecule has 1 aromatic carbocycles. The summed E-state index contributed by atoms with van der Waals surface area (Å²) in [5.41, 5.74) is 2.11. The lowest BCUT2D eigenvalue weighted by atomic mass is 10.2. The first-order valence-corrected chi connectivity index (χ1v) is 7.00. The van der Waals surface area contributed by atoms with Gasteiger partial charge in [-0.3, -0.25) is 0 Å². The van der Waals surface area contributed by atoms with Gasteiger partial charge in [0, 0.05) is 23.7 Å². The number of ether oxygens (including phenoxy) is 3. The van der Waals surface area contributed by atoms with Crippen LogP contribution in [0.1, 0.15) is 16.1 Å². The molecule has 118 valence electrons. The number of fused-ring (bicyclic) bond motifs is 1. The molecule has 0 fully saturated rings. The predicted octanol–water partition coefficient (Wildman–Crippen LogP) is 3.46. The van der Waals surface area contributed by atoms with Gasteiger partial charge in [-0.2, -0.15) is 0 Å². The van der Waals surface area contributed by atoms with Crippen LogP contribution in [0.2, 0.25) is 0 Å². The van der Waals surface area contributed by atoms with Crippen molar-refractivity contribution < 1.29 is 19.0 Å². The summed E-state index contributed by atoms with van der Waals surface area (Å²) >= 11 is 0. The van der Waals surface area contributed by atoms with Gasteiger partial charge >= 0.3 is 5.97 Å². The van der Waals surface area contributed by atoms with Crippen LogP contribution in [-0.4, -0.2) is 30.2 Å². The Morgan fingerprint density at radius 1 is 1.17 bits per heavy atom. The topological polar surface area (TPSA) is 73.4 Å². The van der Waals surface area contributed by atoms with Crippen molar-refractivity contribution >= 4 is 16.9 Å². The molecule has 2 heterocycles. The van der Waals surface area contributed by atoms with Crippen molar-refractivity contribution in [1.82, 2.24) is 9.97 Å². The summed E-state index contributed by atoms with van der Waals surface area (Å²) in [7, 11) is 2.89. The molecule has 0 aliphatic heterocycles. The summed E-state index contributed by atoms with van der Waals surface area (Å²) < 4.78 is 15.9. The van der Waals surface area contributed by atoms with Crippen molar-refractivity contribution in [2.24, 2.45) is 0 Å². The third-order valence-corrected chi connectivity index (χ3v) is 3.40. The van der Waals surface area contributed by atoms with Crippen molar-refractivity contribution in [3.63, 3.8) is 0 Å². The van der Waals surface area contributed by atoms with Crippen LogP contribution < -0.4 is 9.47 Å². The molecule has 23 heavy (non-hydrogen) atoms. The van der Waals surface area contributed by atoms with E-state index >= 15 is 0 Å². The normalized spacial score (nSPS) is 10.6. The average molecular weight is 312 g/mol. The summed E-state index contributed by atoms with van der Waals surface area (Å²) in [6.07, 6.45) is 1.73. The molecule has 0 unspecified atom stereocenters. The van der Waals surface area contributed by atoms with Gasteiger partial charge in [-0.15, -0.1) is 0 Å². The minimum Gasteiger partial charge on any atom is -0.494 e. The maximum Gasteiger partial charge on any atom is 0.354 e. The van der Waals surface area contributed by atoms with E-state index in [0.717, 1.165) is 10.9 Å². The number of aromatic amines is 1. The SMILES string of the molecule is COC(=O)c1cc2cc(Oc3ccc(C)cn3)cc(OC)c2[nH]1. The fourth-order valence-corrected chi connectivity index (χ4v) is 2.26. The Morgan fingerprint density at radius 3 is 2.65 bits per heavy atom. The molecule has 0 aliphatic carbocycles. The second kappa shape index (κ2) is 6.00. The molecule has 0 spiro atoms. The molecule has 0 amide bonds. The second-order valence-corrected chi connectivity index (χ2v) is 5.04. The van der Waals surface area contributed by atoms with Crippen molar-refractivity contribution in [2.75, 3.05) is 14.2 Å². The predicted molar refractivity (Wildman–Crippen MR) is 85.2 cm³/mol. The third kappa shape index (κ3) is 2.96. The Hall–Kier alpha value is -3.02. The number of carbonyl (C=O) groups is 1. The molecule has 0 bridgehead atoms. The van der Waals surface area contributed by atoms with Gasteiger partial charge in [0.1, 0.15) is 17.2 Å². The fraction of sp³-hybridized carbons (Fsp3) is 0.176. The lowest BCUT2D eigenvalue weighted by Crippen LogP contribution is -2.00. The van der Waals surface area contributed by atoms with E-state index in [2.05, 4.69) is 9.97 Å². The van der Waals surface area contributed by atoms with E-state index in [0.29, 0.717) is 28.6 Å². The summed E-state index contributed by atoms with van der Waals surface area (Å²) in [5, 5.41) is 0.784. The number of benzene rings is 1. The Bertz CT molecular complexity index is 853. The minimum atomic E-state index is -0.439. The van der Waals surface area contributed by atoms with E-state index in [9.17, 15) is 4.79 Å². The number of H-pyrrole nitrogens is 1. The number of methoxy groups -OCH3 is 2. The second-order valence-electron chi connectivity index (χ2n) is 5.04. The molecule has 0 aliphatic rings. The van der Waals surface area contributed by atoms with Gasteiger partial charge in [-0.05, 0) is 24.6 Å². The Morgan fingerprint density at radius 2 is 2.00 bits per heavy atom. The number of aryl methyl sites for hydroxylation is 1. The van der Waals surface area contributed by atoms with Gasteiger partial charge in [-0.1, -0.05) is 6.07 Å². The van der Waals surface area contributed by atoms with Crippen LogP contribution in [0.3, 0.4) is 0 Å². The monoisotopic (exact) mass is 312 g/mol. The molecule has 3 aromatic rings. The van der Waals surface area contributed by atoms with Crippen LogP contribution in [0.4, 0.5) is 0 Å². The highest BCUT2D eigenvalue weighted by atomic mass is 16.5. The van der Waals surface area contributed by atoms with E-state index in [4.69, 9.17) is 14.2 Å². The minimum absolute atomic E-state index is 0.353. The van der Waals surface area contributed by atoms with Crippen molar-refractivity contribution in [3.05, 3.63) is 47.8 Å². The summed E-state index contributed by atoms with van der Waals surface area (Å²) in [6, 6.07) is 8.95. The van der Waals surface area contributed by atoms with Crippen LogP contribution >= 0.6 is 0 Å². The Balaban J connectivity index is 2.01. The zero-order chi connectivity index (χ0) is 16.4. The summed E-state index contributed by atoms with van der Waals surface area (Å²) in [6.45, 7) is 1.96. The number of pyridine rings is 1. The van der Waals surface area contributed by atoms with Gasteiger partial charge in [0.2, 0.25) is 5.88 Å². The zero-order valence-electron chi connectivity index (χ0n) is 13.0. The van der Waals surface area contributed by atoms with E-state index < -0.39 is 5.97 Å². The van der Waals surface area contributed by atoms with E-state index in [1.54, 1.807) is 31.5 Å². The number of esters is 1. The van der Waals surface area contributed by atoms with Crippen LogP contribution in [0.25, 0.3) is 10.9 Å². The van der Waals surface area contributed by atoms with Gasteiger partial charge in [0.05, 0.1) is 19.7 Å². The van der Waals surface area contributed by atoms with Crippen molar-refractivity contribution in [1.29, 1.82) is 0 Å².